The van der Waals surface area contributed by atoms with Gasteiger partial charge in [0, 0.05) is 18.3 Å². The molecular weight excluding hydrogens is 338 g/mol. The molecule has 2 aromatic carbocycles. The zero-order valence-corrected chi connectivity index (χ0v) is 14.6. The molecule has 0 bridgehead atoms. The summed E-state index contributed by atoms with van der Waals surface area (Å²) in [5, 5.41) is 27.6. The van der Waals surface area contributed by atoms with Gasteiger partial charge < -0.3 is 14.7 Å². The molecule has 0 unspecified atom stereocenters. The summed E-state index contributed by atoms with van der Waals surface area (Å²) in [6.45, 7) is 3.40. The van der Waals surface area contributed by atoms with Crippen molar-refractivity contribution in [2.24, 2.45) is 0 Å². The van der Waals surface area contributed by atoms with Crippen molar-refractivity contribution >= 4 is 17.3 Å². The van der Waals surface area contributed by atoms with Crippen LogP contribution in [0.4, 0.5) is 5.69 Å². The monoisotopic (exact) mass is 355 g/mol. The van der Waals surface area contributed by atoms with Crippen LogP contribution < -0.4 is 9.64 Å². The second-order valence-electron chi connectivity index (χ2n) is 5.45. The number of halogens is 1. The van der Waals surface area contributed by atoms with Crippen LogP contribution in [0.2, 0.25) is 5.02 Å². The fraction of sp³-hybridized carbons (Fsp3) is 0.263. The minimum absolute atomic E-state index is 0.0318. The molecule has 25 heavy (non-hydrogen) atoms. The number of anilines is 1. The Morgan fingerprint density at radius 1 is 1.08 bits per heavy atom. The Morgan fingerprint density at radius 2 is 1.72 bits per heavy atom. The van der Waals surface area contributed by atoms with Gasteiger partial charge in [-0.05, 0) is 25.1 Å². The predicted molar refractivity (Wildman–Crippen MR) is 96.9 cm³/mol. The highest BCUT2D eigenvalue weighted by atomic mass is 35.5. The molecule has 0 spiro atoms. The molecule has 0 aliphatic rings. The second-order valence-corrected chi connectivity index (χ2v) is 5.85. The molecule has 128 valence electrons. The van der Waals surface area contributed by atoms with Gasteiger partial charge in [0.1, 0.15) is 24.5 Å². The third kappa shape index (κ3) is 4.87. The minimum Gasteiger partial charge on any atom is -0.490 e. The van der Waals surface area contributed by atoms with Crippen molar-refractivity contribution in [2.45, 2.75) is 6.92 Å². The van der Waals surface area contributed by atoms with Crippen molar-refractivity contribution in [2.75, 3.05) is 31.2 Å². The van der Waals surface area contributed by atoms with E-state index in [1.807, 2.05) is 48.2 Å². The summed E-state index contributed by atoms with van der Waals surface area (Å²) in [5.41, 5.74) is 2.61. The first kappa shape index (κ1) is 18.6. The molecule has 2 aromatic rings. The van der Waals surface area contributed by atoms with E-state index in [4.69, 9.17) is 26.9 Å². The highest BCUT2D eigenvalue weighted by Crippen LogP contribution is 2.28. The van der Waals surface area contributed by atoms with Gasteiger partial charge in [0.05, 0.1) is 29.3 Å². The molecular formula is C19H18ClN3O2. The SMILES string of the molecule is Cc1ccc(N(CCO)CCOc2cc(C#N)c(C#N)cc2Cl)cc1. The van der Waals surface area contributed by atoms with Crippen molar-refractivity contribution < 1.29 is 9.84 Å². The molecule has 0 aliphatic heterocycles. The van der Waals surface area contributed by atoms with Crippen LogP contribution in [0.25, 0.3) is 0 Å². The van der Waals surface area contributed by atoms with E-state index in [2.05, 4.69) is 0 Å². The van der Waals surface area contributed by atoms with Gasteiger partial charge >= 0.3 is 0 Å². The Bertz CT molecular complexity index is 807. The van der Waals surface area contributed by atoms with E-state index in [9.17, 15) is 5.11 Å². The standard InChI is InChI=1S/C19H18ClN3O2/c1-14-2-4-17(5-3-14)23(6-8-24)7-9-25-19-11-16(13-22)15(12-21)10-18(19)20/h2-5,10-11,24H,6-9H2,1H3. The Labute approximate surface area is 152 Å². The predicted octanol–water partition coefficient (Wildman–Crippen LogP) is 3.27. The van der Waals surface area contributed by atoms with Gasteiger partial charge in [0.25, 0.3) is 0 Å². The van der Waals surface area contributed by atoms with E-state index in [0.29, 0.717) is 30.5 Å². The molecule has 0 heterocycles. The lowest BCUT2D eigenvalue weighted by molar-refractivity contribution is 0.290. The van der Waals surface area contributed by atoms with Crippen LogP contribution in [0.1, 0.15) is 16.7 Å². The van der Waals surface area contributed by atoms with Gasteiger partial charge in [-0.2, -0.15) is 10.5 Å². The number of hydrogen-bond acceptors (Lipinski definition) is 5. The topological polar surface area (TPSA) is 80.3 Å². The summed E-state index contributed by atoms with van der Waals surface area (Å²) in [5.74, 6) is 0.366. The van der Waals surface area contributed by atoms with Gasteiger partial charge in [-0.3, -0.25) is 0 Å². The number of hydrogen-bond donors (Lipinski definition) is 1. The molecule has 6 heteroatoms. The van der Waals surface area contributed by atoms with Crippen LogP contribution in [-0.4, -0.2) is 31.4 Å². The molecule has 0 aromatic heterocycles. The summed E-state index contributed by atoms with van der Waals surface area (Å²) >= 11 is 6.11. The number of nitrogens with zero attached hydrogens (tertiary/aromatic N) is 3. The fourth-order valence-corrected chi connectivity index (χ4v) is 2.58. The molecule has 0 saturated carbocycles. The number of benzene rings is 2. The summed E-state index contributed by atoms with van der Waals surface area (Å²) in [7, 11) is 0. The van der Waals surface area contributed by atoms with E-state index in [0.717, 1.165) is 11.3 Å². The highest BCUT2D eigenvalue weighted by molar-refractivity contribution is 6.32. The molecule has 5 nitrogen and oxygen atoms in total. The maximum absolute atomic E-state index is 9.27. The van der Waals surface area contributed by atoms with Gasteiger partial charge in [0.15, 0.2) is 0 Å². The van der Waals surface area contributed by atoms with Crippen molar-refractivity contribution in [3.05, 3.63) is 58.1 Å². The largest absolute Gasteiger partial charge is 0.490 e. The summed E-state index contributed by atoms with van der Waals surface area (Å²) in [4.78, 5) is 2.00. The van der Waals surface area contributed by atoms with E-state index in [-0.39, 0.29) is 17.7 Å². The minimum atomic E-state index is 0.0318. The molecule has 2 rings (SSSR count). The van der Waals surface area contributed by atoms with E-state index in [1.165, 1.54) is 12.1 Å². The van der Waals surface area contributed by atoms with Crippen LogP contribution >= 0.6 is 11.6 Å². The first-order valence-electron chi connectivity index (χ1n) is 7.78. The average Bonchev–Trinajstić information content (AvgIpc) is 2.62. The van der Waals surface area contributed by atoms with Crippen molar-refractivity contribution in [3.63, 3.8) is 0 Å². The third-order valence-electron chi connectivity index (χ3n) is 3.70. The zero-order valence-electron chi connectivity index (χ0n) is 13.9. The van der Waals surface area contributed by atoms with Crippen molar-refractivity contribution in [1.29, 1.82) is 10.5 Å². The first-order valence-corrected chi connectivity index (χ1v) is 8.16. The van der Waals surface area contributed by atoms with E-state index >= 15 is 0 Å². The normalized spacial score (nSPS) is 9.96. The first-order chi connectivity index (χ1) is 12.1. The number of aliphatic hydroxyl groups is 1. The van der Waals surface area contributed by atoms with Crippen LogP contribution in [0.5, 0.6) is 5.75 Å². The van der Waals surface area contributed by atoms with E-state index in [1.54, 1.807) is 0 Å². The maximum atomic E-state index is 9.27. The molecule has 0 atom stereocenters. The molecule has 0 amide bonds. The lowest BCUT2D eigenvalue weighted by atomic mass is 10.1. The third-order valence-corrected chi connectivity index (χ3v) is 4.00. The lowest BCUT2D eigenvalue weighted by Crippen LogP contribution is -2.31. The van der Waals surface area contributed by atoms with Crippen LogP contribution in [0.3, 0.4) is 0 Å². The molecule has 0 fully saturated rings. The van der Waals surface area contributed by atoms with Crippen molar-refractivity contribution in [3.8, 4) is 17.9 Å². The smallest absolute Gasteiger partial charge is 0.139 e. The van der Waals surface area contributed by atoms with Gasteiger partial charge in [-0.25, -0.2) is 0 Å². The fourth-order valence-electron chi connectivity index (χ4n) is 2.36. The Balaban J connectivity index is 2.06. The number of rotatable bonds is 7. The number of nitriles is 2. The Morgan fingerprint density at radius 3 is 2.32 bits per heavy atom. The lowest BCUT2D eigenvalue weighted by Gasteiger charge is -2.24. The number of aryl methyl sites for hydroxylation is 1. The molecule has 0 radical (unpaired) electrons. The van der Waals surface area contributed by atoms with E-state index < -0.39 is 0 Å². The molecule has 0 saturated heterocycles. The summed E-state index contributed by atoms with van der Waals surface area (Å²) in [6.07, 6.45) is 0. The summed E-state index contributed by atoms with van der Waals surface area (Å²) < 4.78 is 5.69. The van der Waals surface area contributed by atoms with Crippen LogP contribution in [-0.2, 0) is 0 Å². The highest BCUT2D eigenvalue weighted by Gasteiger charge is 2.11. The van der Waals surface area contributed by atoms with Crippen LogP contribution in [0, 0.1) is 29.6 Å². The molecule has 0 aliphatic carbocycles. The van der Waals surface area contributed by atoms with Gasteiger partial charge in [-0.1, -0.05) is 29.3 Å². The summed E-state index contributed by atoms with van der Waals surface area (Å²) in [6, 6.07) is 14.8. The van der Waals surface area contributed by atoms with Gasteiger partial charge in [0.2, 0.25) is 0 Å². The molecule has 1 N–H and O–H groups in total. The number of aliphatic hydroxyl groups excluding tert-OH is 1. The van der Waals surface area contributed by atoms with Crippen LogP contribution in [0.15, 0.2) is 36.4 Å². The quantitative estimate of drug-likeness (QED) is 0.824. The maximum Gasteiger partial charge on any atom is 0.139 e. The average molecular weight is 356 g/mol. The Kier molecular flexibility index (Phi) is 6.65. The Hall–Kier alpha value is -2.73. The number of ether oxygens (including phenoxy) is 1. The van der Waals surface area contributed by atoms with Crippen molar-refractivity contribution in [1.82, 2.24) is 0 Å². The second kappa shape index (κ2) is 8.94. The van der Waals surface area contributed by atoms with Gasteiger partial charge in [-0.15, -0.1) is 0 Å². The zero-order chi connectivity index (χ0) is 18.2.